The van der Waals surface area contributed by atoms with Crippen molar-refractivity contribution in [2.75, 3.05) is 19.6 Å². The number of quaternary nitrogens is 1. The molecule has 1 amide bonds. The minimum Gasteiger partial charge on any atom is -0.544 e. The second-order valence-electron chi connectivity index (χ2n) is 6.64. The average Bonchev–Trinajstić information content (AvgIpc) is 3.11. The van der Waals surface area contributed by atoms with E-state index in [1.807, 2.05) is 30.3 Å². The summed E-state index contributed by atoms with van der Waals surface area (Å²) in [5.41, 5.74) is 0.971. The molecule has 0 aliphatic carbocycles. The van der Waals surface area contributed by atoms with Gasteiger partial charge in [-0.15, -0.1) is 0 Å². The van der Waals surface area contributed by atoms with E-state index in [4.69, 9.17) is 4.74 Å². The van der Waals surface area contributed by atoms with E-state index >= 15 is 0 Å². The van der Waals surface area contributed by atoms with E-state index in [1.54, 1.807) is 4.90 Å². The second-order valence-corrected chi connectivity index (χ2v) is 6.64. The minimum atomic E-state index is -0.938. The average molecular weight is 332 g/mol. The highest BCUT2D eigenvalue weighted by atomic mass is 16.6. The molecule has 6 heteroatoms. The molecule has 2 heterocycles. The van der Waals surface area contributed by atoms with Crippen LogP contribution in [0.1, 0.15) is 31.2 Å². The first-order chi connectivity index (χ1) is 11.6. The number of amides is 1. The lowest BCUT2D eigenvalue weighted by atomic mass is 10.0. The SMILES string of the molecule is O=C([O-])[C@@H]1CCC[NH+]1C1CCN(C(=O)OCc2ccccc2)CC1. The summed E-state index contributed by atoms with van der Waals surface area (Å²) in [5, 5.41) is 11.2. The van der Waals surface area contributed by atoms with Crippen LogP contribution in [-0.2, 0) is 16.1 Å². The third-order valence-electron chi connectivity index (χ3n) is 5.17. The number of nitrogens with zero attached hydrogens (tertiary/aromatic N) is 1. The molecule has 0 aromatic heterocycles. The summed E-state index contributed by atoms with van der Waals surface area (Å²) < 4.78 is 5.36. The number of carboxylic acid groups (broad SMARTS) is 1. The molecule has 1 unspecified atom stereocenters. The van der Waals surface area contributed by atoms with Crippen LogP contribution in [0.15, 0.2) is 30.3 Å². The Balaban J connectivity index is 1.46. The Morgan fingerprint density at radius 3 is 2.54 bits per heavy atom. The largest absolute Gasteiger partial charge is 0.544 e. The number of likely N-dealkylation sites (tertiary alicyclic amines) is 2. The van der Waals surface area contributed by atoms with E-state index in [-0.39, 0.29) is 18.7 Å². The summed E-state index contributed by atoms with van der Waals surface area (Å²) in [7, 11) is 0. The molecule has 130 valence electrons. The molecule has 0 bridgehead atoms. The Hall–Kier alpha value is -2.08. The van der Waals surface area contributed by atoms with E-state index in [9.17, 15) is 14.7 Å². The third-order valence-corrected chi connectivity index (χ3v) is 5.17. The fraction of sp³-hybridized carbons (Fsp3) is 0.556. The van der Waals surface area contributed by atoms with Gasteiger partial charge in [0.2, 0.25) is 0 Å². The highest BCUT2D eigenvalue weighted by molar-refractivity contribution is 5.69. The molecule has 3 rings (SSSR count). The Bertz CT molecular complexity index is 570. The molecular formula is C18H24N2O4. The van der Waals surface area contributed by atoms with Gasteiger partial charge in [0.15, 0.2) is 0 Å². The molecule has 1 N–H and O–H groups in total. The van der Waals surface area contributed by atoms with Gasteiger partial charge in [0.1, 0.15) is 12.6 Å². The highest BCUT2D eigenvalue weighted by Crippen LogP contribution is 2.13. The molecule has 2 aliphatic heterocycles. The number of hydrogen-bond acceptors (Lipinski definition) is 4. The van der Waals surface area contributed by atoms with Crippen molar-refractivity contribution in [1.29, 1.82) is 0 Å². The predicted octanol–water partition coefficient (Wildman–Crippen LogP) is -0.415. The van der Waals surface area contributed by atoms with Gasteiger partial charge in [-0.1, -0.05) is 30.3 Å². The maximum absolute atomic E-state index is 12.2. The van der Waals surface area contributed by atoms with Crippen LogP contribution in [0, 0.1) is 0 Å². The van der Waals surface area contributed by atoms with Gasteiger partial charge in [0.25, 0.3) is 0 Å². The van der Waals surface area contributed by atoms with Crippen molar-refractivity contribution in [3.05, 3.63) is 35.9 Å². The summed E-state index contributed by atoms with van der Waals surface area (Å²) >= 11 is 0. The Morgan fingerprint density at radius 2 is 1.88 bits per heavy atom. The Labute approximate surface area is 142 Å². The number of rotatable bonds is 4. The van der Waals surface area contributed by atoms with Gasteiger partial charge in [-0.25, -0.2) is 4.79 Å². The van der Waals surface area contributed by atoms with Gasteiger partial charge in [-0.3, -0.25) is 0 Å². The standard InChI is InChI=1S/C18H24N2O4/c21-17(22)16-7-4-10-20(16)15-8-11-19(12-9-15)18(23)24-13-14-5-2-1-3-6-14/h1-3,5-6,15-16H,4,7-13H2,(H,21,22)/t16-/m0/s1. The van der Waals surface area contributed by atoms with Gasteiger partial charge < -0.3 is 24.4 Å². The van der Waals surface area contributed by atoms with E-state index in [2.05, 4.69) is 0 Å². The maximum atomic E-state index is 12.2. The highest BCUT2D eigenvalue weighted by Gasteiger charge is 2.38. The number of nitrogens with one attached hydrogen (secondary N) is 1. The van der Waals surface area contributed by atoms with Gasteiger partial charge in [0, 0.05) is 38.8 Å². The van der Waals surface area contributed by atoms with Crippen LogP contribution in [-0.4, -0.2) is 48.7 Å². The van der Waals surface area contributed by atoms with Gasteiger partial charge >= 0.3 is 6.09 Å². The zero-order valence-corrected chi connectivity index (χ0v) is 13.8. The molecule has 2 saturated heterocycles. The molecule has 2 atom stereocenters. The number of hydrogen-bond donors (Lipinski definition) is 1. The number of piperidine rings is 1. The number of carboxylic acids is 1. The fourth-order valence-electron chi connectivity index (χ4n) is 3.87. The molecule has 6 nitrogen and oxygen atoms in total. The van der Waals surface area contributed by atoms with Crippen LogP contribution in [0.4, 0.5) is 4.79 Å². The van der Waals surface area contributed by atoms with Crippen LogP contribution in [0.2, 0.25) is 0 Å². The Morgan fingerprint density at radius 1 is 1.17 bits per heavy atom. The molecule has 1 aromatic carbocycles. The quantitative estimate of drug-likeness (QED) is 0.813. The van der Waals surface area contributed by atoms with Crippen molar-refractivity contribution >= 4 is 12.1 Å². The Kier molecular flexibility index (Phi) is 5.35. The smallest absolute Gasteiger partial charge is 0.410 e. The van der Waals surface area contributed by atoms with Crippen LogP contribution in [0.5, 0.6) is 0 Å². The molecule has 0 radical (unpaired) electrons. The van der Waals surface area contributed by atoms with Crippen LogP contribution >= 0.6 is 0 Å². The number of carbonyl (C=O) groups excluding carboxylic acids is 2. The fourth-order valence-corrected chi connectivity index (χ4v) is 3.87. The summed E-state index contributed by atoms with van der Waals surface area (Å²) in [6.07, 6.45) is 2.99. The lowest BCUT2D eigenvalue weighted by Crippen LogP contribution is -3.19. The first-order valence-corrected chi connectivity index (χ1v) is 8.67. The second kappa shape index (κ2) is 7.66. The molecular weight excluding hydrogens is 308 g/mol. The van der Waals surface area contributed by atoms with Crippen molar-refractivity contribution in [3.8, 4) is 0 Å². The zero-order chi connectivity index (χ0) is 16.9. The number of aliphatic carboxylic acids is 1. The molecule has 2 fully saturated rings. The summed E-state index contributed by atoms with van der Waals surface area (Å²) in [6, 6.07) is 9.53. The monoisotopic (exact) mass is 332 g/mol. The lowest BCUT2D eigenvalue weighted by Gasteiger charge is -2.36. The van der Waals surface area contributed by atoms with Crippen molar-refractivity contribution in [1.82, 2.24) is 4.90 Å². The summed E-state index contributed by atoms with van der Waals surface area (Å²) in [5.74, 6) is -0.938. The van der Waals surface area contributed by atoms with Gasteiger partial charge in [0.05, 0.1) is 18.6 Å². The normalized spacial score (nSPS) is 24.8. The zero-order valence-electron chi connectivity index (χ0n) is 13.8. The van der Waals surface area contributed by atoms with Gasteiger partial charge in [-0.05, 0) is 5.56 Å². The lowest BCUT2D eigenvalue weighted by molar-refractivity contribution is -0.932. The summed E-state index contributed by atoms with van der Waals surface area (Å²) in [6.45, 7) is 2.43. The maximum Gasteiger partial charge on any atom is 0.410 e. The summed E-state index contributed by atoms with van der Waals surface area (Å²) in [4.78, 5) is 26.3. The van der Waals surface area contributed by atoms with E-state index in [1.165, 1.54) is 0 Å². The van der Waals surface area contributed by atoms with E-state index < -0.39 is 5.97 Å². The van der Waals surface area contributed by atoms with Crippen molar-refractivity contribution < 1.29 is 24.3 Å². The van der Waals surface area contributed by atoms with Crippen molar-refractivity contribution in [2.24, 2.45) is 0 Å². The first-order valence-electron chi connectivity index (χ1n) is 8.67. The molecule has 2 aliphatic rings. The van der Waals surface area contributed by atoms with Crippen molar-refractivity contribution in [2.45, 2.75) is 44.4 Å². The van der Waals surface area contributed by atoms with E-state index in [0.29, 0.717) is 25.6 Å². The molecule has 0 saturated carbocycles. The molecule has 1 aromatic rings. The number of benzene rings is 1. The topological polar surface area (TPSA) is 74.1 Å². The number of carbonyl (C=O) groups is 2. The van der Waals surface area contributed by atoms with Crippen LogP contribution in [0.3, 0.4) is 0 Å². The van der Waals surface area contributed by atoms with Crippen LogP contribution in [0.25, 0.3) is 0 Å². The van der Waals surface area contributed by atoms with Crippen molar-refractivity contribution in [3.63, 3.8) is 0 Å². The molecule has 0 spiro atoms. The van der Waals surface area contributed by atoms with E-state index in [0.717, 1.165) is 36.3 Å². The van der Waals surface area contributed by atoms with Gasteiger partial charge in [-0.2, -0.15) is 0 Å². The predicted molar refractivity (Wildman–Crippen MR) is 85.1 cm³/mol. The minimum absolute atomic E-state index is 0.281. The third kappa shape index (κ3) is 3.87. The first kappa shape index (κ1) is 16.8. The number of ether oxygens (including phenoxy) is 1. The molecule has 24 heavy (non-hydrogen) atoms. The van der Waals surface area contributed by atoms with Crippen LogP contribution < -0.4 is 10.0 Å².